The molecule has 0 aromatic heterocycles. The maximum atomic E-state index is 12.6. The van der Waals surface area contributed by atoms with Crippen LogP contribution in [0.4, 0.5) is 4.79 Å². The maximum absolute atomic E-state index is 12.6. The van der Waals surface area contributed by atoms with Gasteiger partial charge in [0.2, 0.25) is 5.91 Å². The molecule has 0 unspecified atom stereocenters. The molecule has 2 saturated heterocycles. The van der Waals surface area contributed by atoms with Crippen molar-refractivity contribution in [3.8, 4) is 0 Å². The number of piperidine rings is 1. The molecule has 0 bridgehead atoms. The maximum Gasteiger partial charge on any atom is 0.317 e. The van der Waals surface area contributed by atoms with E-state index in [4.69, 9.17) is 0 Å². The molecule has 0 radical (unpaired) electrons. The largest absolute Gasteiger partial charge is 0.341 e. The van der Waals surface area contributed by atoms with Gasteiger partial charge in [-0.25, -0.2) is 4.79 Å². The SMILES string of the molecule is CCCC[C@H](CC)CC(=O)N1CCC[C@@H](N2CCNC2=O)C1. The Labute approximate surface area is 134 Å². The smallest absolute Gasteiger partial charge is 0.317 e. The van der Waals surface area contributed by atoms with Gasteiger partial charge in [0, 0.05) is 32.6 Å². The Morgan fingerprint density at radius 1 is 1.36 bits per heavy atom. The number of likely N-dealkylation sites (tertiary alicyclic amines) is 1. The number of nitrogens with zero attached hydrogens (tertiary/aromatic N) is 2. The summed E-state index contributed by atoms with van der Waals surface area (Å²) in [6.07, 6.45) is 7.34. The number of unbranched alkanes of at least 4 members (excludes halogenated alkanes) is 1. The normalized spacial score (nSPS) is 23.5. The molecule has 22 heavy (non-hydrogen) atoms. The lowest BCUT2D eigenvalue weighted by molar-refractivity contribution is -0.134. The summed E-state index contributed by atoms with van der Waals surface area (Å²) >= 11 is 0. The molecule has 5 heteroatoms. The minimum absolute atomic E-state index is 0.0358. The highest BCUT2D eigenvalue weighted by Gasteiger charge is 2.33. The van der Waals surface area contributed by atoms with E-state index < -0.39 is 0 Å². The van der Waals surface area contributed by atoms with E-state index >= 15 is 0 Å². The summed E-state index contributed by atoms with van der Waals surface area (Å²) in [5.74, 6) is 0.801. The number of hydrogen-bond donors (Lipinski definition) is 1. The van der Waals surface area contributed by atoms with Gasteiger partial charge in [0.1, 0.15) is 0 Å². The van der Waals surface area contributed by atoms with Crippen LogP contribution in [0.2, 0.25) is 0 Å². The van der Waals surface area contributed by atoms with Gasteiger partial charge >= 0.3 is 6.03 Å². The van der Waals surface area contributed by atoms with E-state index in [1.165, 1.54) is 12.8 Å². The van der Waals surface area contributed by atoms with Crippen LogP contribution in [0.15, 0.2) is 0 Å². The third-order valence-corrected chi connectivity index (χ3v) is 5.09. The van der Waals surface area contributed by atoms with Crippen LogP contribution >= 0.6 is 0 Å². The zero-order valence-corrected chi connectivity index (χ0v) is 14.1. The summed E-state index contributed by atoms with van der Waals surface area (Å²) in [5.41, 5.74) is 0. The summed E-state index contributed by atoms with van der Waals surface area (Å²) in [7, 11) is 0. The van der Waals surface area contributed by atoms with E-state index in [9.17, 15) is 9.59 Å². The van der Waals surface area contributed by atoms with Crippen molar-refractivity contribution in [2.75, 3.05) is 26.2 Å². The second-order valence-electron chi connectivity index (χ2n) is 6.68. The molecule has 5 nitrogen and oxygen atoms in total. The van der Waals surface area contributed by atoms with Gasteiger partial charge in [-0.15, -0.1) is 0 Å². The first kappa shape index (κ1) is 17.1. The number of urea groups is 1. The molecule has 3 amide bonds. The Bertz CT molecular complexity index is 386. The zero-order valence-electron chi connectivity index (χ0n) is 14.1. The number of carbonyl (C=O) groups excluding carboxylic acids is 2. The standard InChI is InChI=1S/C17H31N3O2/c1-3-5-7-14(4-2)12-16(21)19-10-6-8-15(13-19)20-11-9-18-17(20)22/h14-15H,3-13H2,1-2H3,(H,18,22)/t14-,15+/m0/s1. The lowest BCUT2D eigenvalue weighted by atomic mass is 9.94. The minimum Gasteiger partial charge on any atom is -0.341 e. The Kier molecular flexibility index (Phi) is 6.52. The van der Waals surface area contributed by atoms with Crippen LogP contribution in [0.5, 0.6) is 0 Å². The van der Waals surface area contributed by atoms with Crippen molar-refractivity contribution in [2.45, 2.75) is 64.8 Å². The monoisotopic (exact) mass is 309 g/mol. The molecule has 2 heterocycles. The molecule has 2 rings (SSSR count). The van der Waals surface area contributed by atoms with Gasteiger partial charge in [-0.05, 0) is 25.2 Å². The average molecular weight is 309 g/mol. The van der Waals surface area contributed by atoms with E-state index in [0.29, 0.717) is 12.3 Å². The zero-order chi connectivity index (χ0) is 15.9. The van der Waals surface area contributed by atoms with Crippen molar-refractivity contribution in [1.29, 1.82) is 0 Å². The fraction of sp³-hybridized carbons (Fsp3) is 0.882. The highest BCUT2D eigenvalue weighted by Crippen LogP contribution is 2.22. The quantitative estimate of drug-likeness (QED) is 0.786. The van der Waals surface area contributed by atoms with Crippen LogP contribution in [0.3, 0.4) is 0 Å². The van der Waals surface area contributed by atoms with E-state index in [0.717, 1.165) is 51.9 Å². The van der Waals surface area contributed by atoms with Crippen LogP contribution in [0, 0.1) is 5.92 Å². The molecule has 0 aromatic rings. The first-order valence-electron chi connectivity index (χ1n) is 8.97. The van der Waals surface area contributed by atoms with Crippen LogP contribution in [-0.4, -0.2) is 54.0 Å². The molecule has 0 saturated carbocycles. The van der Waals surface area contributed by atoms with E-state index in [-0.39, 0.29) is 18.0 Å². The predicted molar refractivity (Wildman–Crippen MR) is 87.6 cm³/mol. The number of carbonyl (C=O) groups is 2. The van der Waals surface area contributed by atoms with Crippen LogP contribution in [0.25, 0.3) is 0 Å². The van der Waals surface area contributed by atoms with Gasteiger partial charge in [0.15, 0.2) is 0 Å². The second-order valence-corrected chi connectivity index (χ2v) is 6.68. The minimum atomic E-state index is 0.0358. The Hall–Kier alpha value is -1.26. The highest BCUT2D eigenvalue weighted by molar-refractivity contribution is 5.78. The molecule has 1 N–H and O–H groups in total. The van der Waals surface area contributed by atoms with Crippen LogP contribution in [-0.2, 0) is 4.79 Å². The summed E-state index contributed by atoms with van der Waals surface area (Å²) in [6.45, 7) is 7.47. The number of hydrogen-bond acceptors (Lipinski definition) is 2. The van der Waals surface area contributed by atoms with Crippen molar-refractivity contribution in [3.63, 3.8) is 0 Å². The second kappa shape index (κ2) is 8.39. The fourth-order valence-corrected chi connectivity index (χ4v) is 3.59. The van der Waals surface area contributed by atoms with Gasteiger partial charge in [0.05, 0.1) is 6.04 Å². The Morgan fingerprint density at radius 2 is 2.18 bits per heavy atom. The lowest BCUT2D eigenvalue weighted by Gasteiger charge is -2.37. The van der Waals surface area contributed by atoms with Gasteiger partial charge in [-0.1, -0.05) is 33.1 Å². The first-order valence-corrected chi connectivity index (χ1v) is 8.97. The van der Waals surface area contributed by atoms with Crippen molar-refractivity contribution in [2.24, 2.45) is 5.92 Å². The highest BCUT2D eigenvalue weighted by atomic mass is 16.2. The van der Waals surface area contributed by atoms with Gasteiger partial charge in [0.25, 0.3) is 0 Å². The van der Waals surface area contributed by atoms with Crippen LogP contribution in [0.1, 0.15) is 58.8 Å². The van der Waals surface area contributed by atoms with Crippen molar-refractivity contribution in [3.05, 3.63) is 0 Å². The molecule has 0 spiro atoms. The summed E-state index contributed by atoms with van der Waals surface area (Å²) in [6, 6.07) is 0.240. The molecule has 126 valence electrons. The molecule has 2 fully saturated rings. The number of rotatable bonds is 7. The van der Waals surface area contributed by atoms with Gasteiger partial charge in [-0.3, -0.25) is 4.79 Å². The van der Waals surface area contributed by atoms with Crippen molar-refractivity contribution < 1.29 is 9.59 Å². The molecule has 0 aliphatic carbocycles. The average Bonchev–Trinajstić information content (AvgIpc) is 2.97. The Balaban J connectivity index is 1.85. The summed E-state index contributed by atoms with van der Waals surface area (Å²) in [4.78, 5) is 28.3. The molecular formula is C17H31N3O2. The third kappa shape index (κ3) is 4.37. The molecule has 2 atom stereocenters. The van der Waals surface area contributed by atoms with Crippen molar-refractivity contribution in [1.82, 2.24) is 15.1 Å². The number of nitrogens with one attached hydrogen (secondary N) is 1. The van der Waals surface area contributed by atoms with Crippen molar-refractivity contribution >= 4 is 11.9 Å². The van der Waals surface area contributed by atoms with E-state index in [2.05, 4.69) is 19.2 Å². The van der Waals surface area contributed by atoms with Crippen LogP contribution < -0.4 is 5.32 Å². The fourth-order valence-electron chi connectivity index (χ4n) is 3.59. The third-order valence-electron chi connectivity index (χ3n) is 5.09. The van der Waals surface area contributed by atoms with E-state index in [1.54, 1.807) is 0 Å². The van der Waals surface area contributed by atoms with E-state index in [1.807, 2.05) is 9.80 Å². The first-order chi connectivity index (χ1) is 10.7. The predicted octanol–water partition coefficient (Wildman–Crippen LogP) is 2.61. The summed E-state index contributed by atoms with van der Waals surface area (Å²) < 4.78 is 0. The Morgan fingerprint density at radius 3 is 2.82 bits per heavy atom. The molecule has 0 aromatic carbocycles. The number of amides is 3. The molecular weight excluding hydrogens is 278 g/mol. The molecule has 2 aliphatic heterocycles. The van der Waals surface area contributed by atoms with Gasteiger partial charge < -0.3 is 15.1 Å². The summed E-state index contributed by atoms with van der Waals surface area (Å²) in [5, 5.41) is 2.86. The lowest BCUT2D eigenvalue weighted by Crippen LogP contribution is -2.50. The van der Waals surface area contributed by atoms with Gasteiger partial charge in [-0.2, -0.15) is 0 Å². The topological polar surface area (TPSA) is 52.7 Å². The molecule has 2 aliphatic rings.